The molecule has 28 heavy (non-hydrogen) atoms. The molecule has 0 unspecified atom stereocenters. The summed E-state index contributed by atoms with van der Waals surface area (Å²) >= 11 is 13.8. The molecule has 0 aliphatic rings. The Morgan fingerprint density at radius 3 is 2.32 bits per heavy atom. The summed E-state index contributed by atoms with van der Waals surface area (Å²) < 4.78 is 0. The van der Waals surface area contributed by atoms with E-state index in [0.29, 0.717) is 12.1 Å². The molecule has 0 spiro atoms. The highest BCUT2D eigenvalue weighted by molar-refractivity contribution is 7.98. The molecule has 0 fully saturated rings. The van der Waals surface area contributed by atoms with Crippen LogP contribution in [0, 0.1) is 0 Å². The van der Waals surface area contributed by atoms with Gasteiger partial charge in [0.15, 0.2) is 0 Å². The van der Waals surface area contributed by atoms with E-state index in [0.717, 1.165) is 34.2 Å². The summed E-state index contributed by atoms with van der Waals surface area (Å²) in [4.78, 5) is 13.5. The lowest BCUT2D eigenvalue weighted by Gasteiger charge is -2.07. The highest BCUT2D eigenvalue weighted by Gasteiger charge is 2.06. The van der Waals surface area contributed by atoms with Gasteiger partial charge in [-0.2, -0.15) is 0 Å². The van der Waals surface area contributed by atoms with E-state index in [-0.39, 0.29) is 5.91 Å². The number of rotatable bonds is 8. The largest absolute Gasteiger partial charge is 0.352 e. The third-order valence-electron chi connectivity index (χ3n) is 4.30. The highest BCUT2D eigenvalue weighted by atomic mass is 35.5. The number of nitrogens with one attached hydrogen (secondary N) is 1. The van der Waals surface area contributed by atoms with Crippen molar-refractivity contribution in [2.75, 3.05) is 6.54 Å². The summed E-state index contributed by atoms with van der Waals surface area (Å²) in [6, 6.07) is 23.4. The van der Waals surface area contributed by atoms with E-state index in [4.69, 9.17) is 23.2 Å². The fraction of sp³-hybridized carbons (Fsp3) is 0.174. The van der Waals surface area contributed by atoms with Crippen LogP contribution in [0.3, 0.4) is 0 Å². The van der Waals surface area contributed by atoms with Crippen molar-refractivity contribution in [1.82, 2.24) is 5.32 Å². The number of carbonyl (C=O) groups is 1. The van der Waals surface area contributed by atoms with E-state index in [1.54, 1.807) is 11.8 Å². The maximum Gasteiger partial charge on any atom is 0.251 e. The summed E-state index contributed by atoms with van der Waals surface area (Å²) in [5.41, 5.74) is 2.97. The van der Waals surface area contributed by atoms with Gasteiger partial charge >= 0.3 is 0 Å². The fourth-order valence-electron chi connectivity index (χ4n) is 2.73. The molecule has 0 saturated heterocycles. The number of benzene rings is 3. The van der Waals surface area contributed by atoms with Crippen LogP contribution in [0.1, 0.15) is 27.9 Å². The Morgan fingerprint density at radius 1 is 0.893 bits per heavy atom. The van der Waals surface area contributed by atoms with Crippen molar-refractivity contribution >= 4 is 40.9 Å². The first-order valence-electron chi connectivity index (χ1n) is 9.11. The number of amides is 1. The quantitative estimate of drug-likeness (QED) is 0.320. The first kappa shape index (κ1) is 20.8. The Hall–Kier alpha value is -1.94. The lowest BCUT2D eigenvalue weighted by molar-refractivity contribution is 0.0953. The molecular weight excluding hydrogens is 409 g/mol. The van der Waals surface area contributed by atoms with Gasteiger partial charge in [0.05, 0.1) is 0 Å². The Kier molecular flexibility index (Phi) is 7.84. The number of thioether (sulfide) groups is 1. The van der Waals surface area contributed by atoms with Crippen molar-refractivity contribution in [2.45, 2.75) is 23.5 Å². The molecule has 0 heterocycles. The zero-order valence-corrected chi connectivity index (χ0v) is 17.7. The second-order valence-corrected chi connectivity index (χ2v) is 8.28. The zero-order valence-electron chi connectivity index (χ0n) is 15.3. The topological polar surface area (TPSA) is 29.1 Å². The van der Waals surface area contributed by atoms with Gasteiger partial charge in [0.2, 0.25) is 0 Å². The molecule has 5 heteroatoms. The summed E-state index contributed by atoms with van der Waals surface area (Å²) in [7, 11) is 0. The molecule has 0 atom stereocenters. The number of hydrogen-bond acceptors (Lipinski definition) is 2. The van der Waals surface area contributed by atoms with Gasteiger partial charge in [-0.3, -0.25) is 4.79 Å². The zero-order chi connectivity index (χ0) is 19.8. The number of carbonyl (C=O) groups excluding carboxylic acids is 1. The SMILES string of the molecule is O=C(NCCCc1ccccc1Cl)c1ccc(CSc2ccc(Cl)cc2)cc1. The molecule has 2 nitrogen and oxygen atoms in total. The smallest absolute Gasteiger partial charge is 0.251 e. The molecule has 0 aliphatic carbocycles. The summed E-state index contributed by atoms with van der Waals surface area (Å²) in [5, 5.41) is 4.49. The van der Waals surface area contributed by atoms with Crippen LogP contribution in [0.5, 0.6) is 0 Å². The average molecular weight is 430 g/mol. The number of halogens is 2. The Balaban J connectivity index is 1.43. The first-order valence-corrected chi connectivity index (χ1v) is 10.8. The average Bonchev–Trinajstić information content (AvgIpc) is 2.72. The van der Waals surface area contributed by atoms with E-state index < -0.39 is 0 Å². The predicted molar refractivity (Wildman–Crippen MR) is 120 cm³/mol. The third-order valence-corrected chi connectivity index (χ3v) is 6.01. The van der Waals surface area contributed by atoms with Crippen molar-refractivity contribution in [1.29, 1.82) is 0 Å². The van der Waals surface area contributed by atoms with E-state index in [2.05, 4.69) is 5.32 Å². The van der Waals surface area contributed by atoms with E-state index >= 15 is 0 Å². The molecule has 0 saturated carbocycles. The molecule has 0 radical (unpaired) electrons. The van der Waals surface area contributed by atoms with Crippen LogP contribution in [0.4, 0.5) is 0 Å². The van der Waals surface area contributed by atoms with Crippen LogP contribution in [-0.4, -0.2) is 12.5 Å². The van der Waals surface area contributed by atoms with Crippen LogP contribution in [0.2, 0.25) is 10.0 Å². The van der Waals surface area contributed by atoms with Gasteiger partial charge in [0, 0.05) is 32.8 Å². The second-order valence-electron chi connectivity index (χ2n) is 6.39. The van der Waals surface area contributed by atoms with Crippen LogP contribution >= 0.6 is 35.0 Å². The van der Waals surface area contributed by atoms with E-state index in [1.165, 1.54) is 10.5 Å². The summed E-state index contributed by atoms with van der Waals surface area (Å²) in [5.74, 6) is 0.803. The molecule has 3 aromatic rings. The van der Waals surface area contributed by atoms with Gasteiger partial charge in [-0.25, -0.2) is 0 Å². The van der Waals surface area contributed by atoms with Crippen LogP contribution in [0.15, 0.2) is 77.7 Å². The minimum atomic E-state index is -0.0453. The predicted octanol–water partition coefficient (Wildman–Crippen LogP) is 6.65. The maximum atomic E-state index is 12.3. The van der Waals surface area contributed by atoms with Gasteiger partial charge in [-0.1, -0.05) is 53.5 Å². The third kappa shape index (κ3) is 6.30. The Bertz CT molecular complexity index is 911. The van der Waals surface area contributed by atoms with Gasteiger partial charge in [-0.15, -0.1) is 11.8 Å². The van der Waals surface area contributed by atoms with Crippen LogP contribution in [-0.2, 0) is 12.2 Å². The maximum absolute atomic E-state index is 12.3. The normalized spacial score (nSPS) is 10.6. The standard InChI is InChI=1S/C23H21Cl2NOS/c24-20-11-13-21(14-12-20)28-16-17-7-9-19(10-8-17)23(27)26-15-3-5-18-4-1-2-6-22(18)25/h1-2,4,6-14H,3,5,15-16H2,(H,26,27). The fourth-order valence-corrected chi connectivity index (χ4v) is 3.94. The second kappa shape index (κ2) is 10.6. The number of hydrogen-bond donors (Lipinski definition) is 1. The Morgan fingerprint density at radius 2 is 1.61 bits per heavy atom. The molecule has 144 valence electrons. The van der Waals surface area contributed by atoms with E-state index in [1.807, 2.05) is 72.8 Å². The van der Waals surface area contributed by atoms with Crippen molar-refractivity contribution in [3.05, 3.63) is 99.5 Å². The highest BCUT2D eigenvalue weighted by Crippen LogP contribution is 2.24. The van der Waals surface area contributed by atoms with Gasteiger partial charge < -0.3 is 5.32 Å². The van der Waals surface area contributed by atoms with E-state index in [9.17, 15) is 4.79 Å². The van der Waals surface area contributed by atoms with Gasteiger partial charge in [-0.05, 0) is 66.4 Å². The summed E-state index contributed by atoms with van der Waals surface area (Å²) in [6.45, 7) is 0.623. The van der Waals surface area contributed by atoms with Crippen LogP contribution < -0.4 is 5.32 Å². The molecular formula is C23H21Cl2NOS. The lowest BCUT2D eigenvalue weighted by Crippen LogP contribution is -2.24. The Labute approximate surface area is 180 Å². The van der Waals surface area contributed by atoms with Crippen molar-refractivity contribution in [2.24, 2.45) is 0 Å². The first-order chi connectivity index (χ1) is 13.6. The molecule has 1 amide bonds. The minimum absolute atomic E-state index is 0.0453. The van der Waals surface area contributed by atoms with Crippen molar-refractivity contribution in [3.8, 4) is 0 Å². The number of aryl methyl sites for hydroxylation is 1. The molecule has 0 bridgehead atoms. The van der Waals surface area contributed by atoms with Gasteiger partial charge in [0.1, 0.15) is 0 Å². The van der Waals surface area contributed by atoms with Crippen molar-refractivity contribution < 1.29 is 4.79 Å². The molecule has 1 N–H and O–H groups in total. The lowest BCUT2D eigenvalue weighted by atomic mass is 10.1. The molecule has 0 aliphatic heterocycles. The van der Waals surface area contributed by atoms with Gasteiger partial charge in [0.25, 0.3) is 5.91 Å². The van der Waals surface area contributed by atoms with Crippen LogP contribution in [0.25, 0.3) is 0 Å². The molecule has 0 aromatic heterocycles. The monoisotopic (exact) mass is 429 g/mol. The summed E-state index contributed by atoms with van der Waals surface area (Å²) in [6.07, 6.45) is 1.70. The minimum Gasteiger partial charge on any atom is -0.352 e. The molecule has 3 aromatic carbocycles. The molecule has 3 rings (SSSR count). The van der Waals surface area contributed by atoms with Crippen molar-refractivity contribution in [3.63, 3.8) is 0 Å².